The van der Waals surface area contributed by atoms with E-state index < -0.39 is 0 Å². The third-order valence-electron chi connectivity index (χ3n) is 3.74. The molecule has 3 heteroatoms. The third-order valence-corrected chi connectivity index (χ3v) is 3.98. The molecule has 0 bridgehead atoms. The van der Waals surface area contributed by atoms with Gasteiger partial charge in [-0.25, -0.2) is 0 Å². The lowest BCUT2D eigenvalue weighted by molar-refractivity contribution is 0.309. The van der Waals surface area contributed by atoms with Crippen LogP contribution < -0.4 is 10.1 Å². The van der Waals surface area contributed by atoms with Gasteiger partial charge in [-0.05, 0) is 43.5 Å². The van der Waals surface area contributed by atoms with Gasteiger partial charge < -0.3 is 10.1 Å². The van der Waals surface area contributed by atoms with E-state index in [0.717, 1.165) is 17.3 Å². The van der Waals surface area contributed by atoms with E-state index in [9.17, 15) is 0 Å². The summed E-state index contributed by atoms with van der Waals surface area (Å²) < 4.78 is 5.54. The molecule has 0 aromatic heterocycles. The zero-order valence-electron chi connectivity index (χ0n) is 13.2. The number of benzene rings is 1. The highest BCUT2D eigenvalue weighted by Crippen LogP contribution is 2.36. The van der Waals surface area contributed by atoms with Crippen molar-refractivity contribution in [3.05, 3.63) is 28.8 Å². The predicted octanol–water partition coefficient (Wildman–Crippen LogP) is 5.22. The number of methoxy groups -OCH3 is 1. The zero-order valence-corrected chi connectivity index (χ0v) is 14.0. The van der Waals surface area contributed by atoms with Crippen molar-refractivity contribution in [2.75, 3.05) is 13.7 Å². The second-order valence-electron chi connectivity index (χ2n) is 5.26. The van der Waals surface area contributed by atoms with Crippen molar-refractivity contribution in [3.8, 4) is 5.75 Å². The first-order valence-corrected chi connectivity index (χ1v) is 8.12. The molecule has 1 unspecified atom stereocenters. The van der Waals surface area contributed by atoms with E-state index >= 15 is 0 Å². The van der Waals surface area contributed by atoms with Gasteiger partial charge in [0.2, 0.25) is 0 Å². The van der Waals surface area contributed by atoms with Gasteiger partial charge >= 0.3 is 0 Å². The Bertz CT molecular complexity index is 389. The molecule has 1 aromatic rings. The Balaban J connectivity index is 3.12. The van der Waals surface area contributed by atoms with E-state index in [1.807, 2.05) is 18.2 Å². The molecule has 0 aliphatic heterocycles. The maximum Gasteiger partial charge on any atom is 0.123 e. The van der Waals surface area contributed by atoms with Crippen LogP contribution in [0, 0.1) is 5.92 Å². The van der Waals surface area contributed by atoms with Crippen LogP contribution in [-0.4, -0.2) is 13.7 Å². The highest BCUT2D eigenvalue weighted by molar-refractivity contribution is 6.30. The van der Waals surface area contributed by atoms with Gasteiger partial charge in [-0.15, -0.1) is 0 Å². The molecule has 1 rings (SSSR count). The van der Waals surface area contributed by atoms with E-state index in [1.54, 1.807) is 7.11 Å². The Morgan fingerprint density at radius 3 is 2.30 bits per heavy atom. The minimum Gasteiger partial charge on any atom is -0.496 e. The number of rotatable bonds is 9. The summed E-state index contributed by atoms with van der Waals surface area (Å²) in [6.07, 6.45) is 4.85. The Hall–Kier alpha value is -0.730. The fourth-order valence-corrected chi connectivity index (χ4v) is 3.10. The van der Waals surface area contributed by atoms with E-state index in [1.165, 1.54) is 31.2 Å². The summed E-state index contributed by atoms with van der Waals surface area (Å²) in [4.78, 5) is 0. The average Bonchev–Trinajstić information content (AvgIpc) is 2.44. The summed E-state index contributed by atoms with van der Waals surface area (Å²) >= 11 is 6.19. The smallest absolute Gasteiger partial charge is 0.123 e. The summed E-state index contributed by atoms with van der Waals surface area (Å²) in [7, 11) is 1.73. The zero-order chi connectivity index (χ0) is 15.0. The second kappa shape index (κ2) is 9.25. The van der Waals surface area contributed by atoms with Crippen molar-refractivity contribution in [3.63, 3.8) is 0 Å². The number of nitrogens with one attached hydrogen (secondary N) is 1. The van der Waals surface area contributed by atoms with Gasteiger partial charge in [0, 0.05) is 16.6 Å². The van der Waals surface area contributed by atoms with Crippen LogP contribution in [-0.2, 0) is 0 Å². The fourth-order valence-electron chi connectivity index (χ4n) is 2.92. The van der Waals surface area contributed by atoms with Crippen LogP contribution in [0.1, 0.15) is 58.1 Å². The molecule has 1 aromatic carbocycles. The Morgan fingerprint density at radius 1 is 1.15 bits per heavy atom. The lowest BCUT2D eigenvalue weighted by Crippen LogP contribution is -2.28. The van der Waals surface area contributed by atoms with Crippen LogP contribution >= 0.6 is 11.6 Å². The summed E-state index contributed by atoms with van der Waals surface area (Å²) in [6.45, 7) is 7.60. The molecule has 0 spiro atoms. The van der Waals surface area contributed by atoms with Crippen LogP contribution in [0.25, 0.3) is 0 Å². The van der Waals surface area contributed by atoms with Gasteiger partial charge in [-0.1, -0.05) is 45.2 Å². The van der Waals surface area contributed by atoms with Gasteiger partial charge in [0.15, 0.2) is 0 Å². The lowest BCUT2D eigenvalue weighted by Gasteiger charge is -2.29. The van der Waals surface area contributed by atoms with E-state index in [2.05, 4.69) is 26.1 Å². The maximum absolute atomic E-state index is 6.19. The molecule has 0 amide bonds. The first kappa shape index (κ1) is 17.3. The Labute approximate surface area is 128 Å². The molecule has 0 saturated carbocycles. The van der Waals surface area contributed by atoms with Crippen LogP contribution in [0.3, 0.4) is 0 Å². The van der Waals surface area contributed by atoms with Gasteiger partial charge in [-0.2, -0.15) is 0 Å². The largest absolute Gasteiger partial charge is 0.496 e. The van der Waals surface area contributed by atoms with Crippen LogP contribution in [0.2, 0.25) is 5.02 Å². The van der Waals surface area contributed by atoms with E-state index in [0.29, 0.717) is 12.0 Å². The van der Waals surface area contributed by atoms with Crippen molar-refractivity contribution in [1.29, 1.82) is 0 Å². The third kappa shape index (κ3) is 4.68. The first-order chi connectivity index (χ1) is 9.67. The highest BCUT2D eigenvalue weighted by atomic mass is 35.5. The van der Waals surface area contributed by atoms with Crippen molar-refractivity contribution >= 4 is 11.6 Å². The fraction of sp³-hybridized carbons (Fsp3) is 0.647. The van der Waals surface area contributed by atoms with Gasteiger partial charge in [0.05, 0.1) is 7.11 Å². The lowest BCUT2D eigenvalue weighted by atomic mass is 9.85. The molecule has 0 radical (unpaired) electrons. The SMILES string of the molecule is CCCC(CCC)C(NCC)c1cc(Cl)ccc1OC. The van der Waals surface area contributed by atoms with Crippen LogP contribution in [0.5, 0.6) is 5.75 Å². The quantitative estimate of drug-likeness (QED) is 0.675. The minimum atomic E-state index is 0.313. The van der Waals surface area contributed by atoms with E-state index in [4.69, 9.17) is 16.3 Å². The van der Waals surface area contributed by atoms with Crippen molar-refractivity contribution in [2.45, 2.75) is 52.5 Å². The molecular formula is C17H28ClNO. The van der Waals surface area contributed by atoms with Crippen molar-refractivity contribution < 1.29 is 4.74 Å². The van der Waals surface area contributed by atoms with Gasteiger partial charge in [0.1, 0.15) is 5.75 Å². The molecular weight excluding hydrogens is 270 g/mol. The number of hydrogen-bond donors (Lipinski definition) is 1. The molecule has 20 heavy (non-hydrogen) atoms. The van der Waals surface area contributed by atoms with E-state index in [-0.39, 0.29) is 0 Å². The standard InChI is InChI=1S/C17H28ClNO/c1-5-8-13(9-6-2)17(19-7-3)15-12-14(18)10-11-16(15)20-4/h10-13,17,19H,5-9H2,1-4H3. The van der Waals surface area contributed by atoms with Gasteiger partial charge in [-0.3, -0.25) is 0 Å². The minimum absolute atomic E-state index is 0.313. The summed E-state index contributed by atoms with van der Waals surface area (Å²) in [5, 5.41) is 4.41. The monoisotopic (exact) mass is 297 g/mol. The molecule has 1 N–H and O–H groups in total. The molecule has 2 nitrogen and oxygen atoms in total. The molecule has 0 fully saturated rings. The molecule has 0 heterocycles. The Kier molecular flexibility index (Phi) is 8.01. The number of halogens is 1. The normalized spacial score (nSPS) is 12.7. The average molecular weight is 298 g/mol. The highest BCUT2D eigenvalue weighted by Gasteiger charge is 2.24. The summed E-state index contributed by atoms with van der Waals surface area (Å²) in [6, 6.07) is 6.22. The van der Waals surface area contributed by atoms with Crippen molar-refractivity contribution in [1.82, 2.24) is 5.32 Å². The molecule has 0 aliphatic carbocycles. The molecule has 0 aliphatic rings. The maximum atomic E-state index is 6.19. The molecule has 114 valence electrons. The molecule has 1 atom stereocenters. The first-order valence-electron chi connectivity index (χ1n) is 7.74. The van der Waals surface area contributed by atoms with Crippen molar-refractivity contribution in [2.24, 2.45) is 5.92 Å². The number of ether oxygens (including phenoxy) is 1. The van der Waals surface area contributed by atoms with Crippen LogP contribution in [0.15, 0.2) is 18.2 Å². The van der Waals surface area contributed by atoms with Crippen LogP contribution in [0.4, 0.5) is 0 Å². The summed E-state index contributed by atoms with van der Waals surface area (Å²) in [5.41, 5.74) is 1.19. The predicted molar refractivity (Wildman–Crippen MR) is 87.7 cm³/mol. The second-order valence-corrected chi connectivity index (χ2v) is 5.70. The number of hydrogen-bond acceptors (Lipinski definition) is 2. The molecule has 0 saturated heterocycles. The summed E-state index contributed by atoms with van der Waals surface area (Å²) in [5.74, 6) is 1.55. The topological polar surface area (TPSA) is 21.3 Å². The Morgan fingerprint density at radius 2 is 1.80 bits per heavy atom. The van der Waals surface area contributed by atoms with Gasteiger partial charge in [0.25, 0.3) is 0 Å².